The predicted octanol–water partition coefficient (Wildman–Crippen LogP) is 3.73. The second kappa shape index (κ2) is 7.95. The number of anilines is 1. The van der Waals surface area contributed by atoms with Crippen LogP contribution in [-0.2, 0) is 4.79 Å². The van der Waals surface area contributed by atoms with Crippen LogP contribution in [0.25, 0.3) is 0 Å². The molecule has 0 heterocycles. The Morgan fingerprint density at radius 1 is 1.32 bits per heavy atom. The summed E-state index contributed by atoms with van der Waals surface area (Å²) in [4.78, 5) is 11.1. The Bertz CT molecular complexity index is 403. The minimum absolute atomic E-state index is 0.0330. The zero-order chi connectivity index (χ0) is 14.3. The van der Waals surface area contributed by atoms with E-state index in [2.05, 4.69) is 37.5 Å². The molecule has 0 aliphatic rings. The van der Waals surface area contributed by atoms with E-state index < -0.39 is 0 Å². The molecule has 3 nitrogen and oxygen atoms in total. The summed E-state index contributed by atoms with van der Waals surface area (Å²) in [5.74, 6) is 0.667. The van der Waals surface area contributed by atoms with Crippen molar-refractivity contribution in [3.8, 4) is 0 Å². The Kier molecular flexibility index (Phi) is 6.57. The monoisotopic (exact) mass is 262 g/mol. The van der Waals surface area contributed by atoms with Crippen molar-refractivity contribution in [3.05, 3.63) is 29.8 Å². The molecule has 0 saturated carbocycles. The fraction of sp³-hybridized carbons (Fsp3) is 0.562. The smallest absolute Gasteiger partial charge is 0.221 e. The van der Waals surface area contributed by atoms with Crippen LogP contribution in [0.2, 0.25) is 0 Å². The molecule has 1 aromatic carbocycles. The predicted molar refractivity (Wildman–Crippen MR) is 81.2 cm³/mol. The summed E-state index contributed by atoms with van der Waals surface area (Å²) in [7, 11) is 0. The van der Waals surface area contributed by atoms with Crippen LogP contribution in [0, 0.1) is 5.92 Å². The van der Waals surface area contributed by atoms with Gasteiger partial charge in [0.25, 0.3) is 0 Å². The molecule has 3 heteroatoms. The fourth-order valence-electron chi connectivity index (χ4n) is 2.18. The van der Waals surface area contributed by atoms with Gasteiger partial charge in [0.1, 0.15) is 0 Å². The molecule has 1 amide bonds. The summed E-state index contributed by atoms with van der Waals surface area (Å²) < 4.78 is 0. The zero-order valence-corrected chi connectivity index (χ0v) is 12.5. The highest BCUT2D eigenvalue weighted by Crippen LogP contribution is 2.18. The van der Waals surface area contributed by atoms with E-state index in [9.17, 15) is 4.79 Å². The number of carbonyl (C=O) groups excluding carboxylic acids is 1. The number of carbonyl (C=O) groups is 1. The van der Waals surface area contributed by atoms with Gasteiger partial charge in [-0.05, 0) is 43.5 Å². The van der Waals surface area contributed by atoms with E-state index in [1.165, 1.54) is 25.3 Å². The first-order valence-corrected chi connectivity index (χ1v) is 7.13. The summed E-state index contributed by atoms with van der Waals surface area (Å²) in [6.45, 7) is 9.21. The van der Waals surface area contributed by atoms with Crippen LogP contribution >= 0.6 is 0 Å². The van der Waals surface area contributed by atoms with Crippen LogP contribution < -0.4 is 10.6 Å². The van der Waals surface area contributed by atoms with Gasteiger partial charge < -0.3 is 10.6 Å². The standard InChI is InChI=1S/C16H26N2O/c1-5-7-12(2)11-17-13(3)15-8-6-9-16(10-15)18-14(4)19/h6,8-10,12-13,17H,5,7,11H2,1-4H3,(H,18,19). The van der Waals surface area contributed by atoms with Gasteiger partial charge in [-0.2, -0.15) is 0 Å². The number of hydrogen-bond acceptors (Lipinski definition) is 2. The molecule has 0 aliphatic heterocycles. The number of rotatable bonds is 7. The lowest BCUT2D eigenvalue weighted by molar-refractivity contribution is -0.114. The quantitative estimate of drug-likeness (QED) is 0.786. The Hall–Kier alpha value is -1.35. The highest BCUT2D eigenvalue weighted by molar-refractivity contribution is 5.88. The third-order valence-electron chi connectivity index (χ3n) is 3.26. The van der Waals surface area contributed by atoms with Gasteiger partial charge >= 0.3 is 0 Å². The Morgan fingerprint density at radius 2 is 2.05 bits per heavy atom. The highest BCUT2D eigenvalue weighted by atomic mass is 16.1. The molecule has 0 aromatic heterocycles. The van der Waals surface area contributed by atoms with Crippen molar-refractivity contribution in [2.45, 2.75) is 46.6 Å². The Labute approximate surface area is 116 Å². The van der Waals surface area contributed by atoms with Crippen molar-refractivity contribution in [2.24, 2.45) is 5.92 Å². The SMILES string of the molecule is CCCC(C)CNC(C)c1cccc(NC(C)=O)c1. The van der Waals surface area contributed by atoms with E-state index in [1.54, 1.807) is 0 Å². The van der Waals surface area contributed by atoms with Gasteiger partial charge in [-0.15, -0.1) is 0 Å². The lowest BCUT2D eigenvalue weighted by atomic mass is 10.0. The molecular formula is C16H26N2O. The second-order valence-electron chi connectivity index (χ2n) is 5.33. The zero-order valence-electron chi connectivity index (χ0n) is 12.5. The van der Waals surface area contributed by atoms with Gasteiger partial charge in [0.2, 0.25) is 5.91 Å². The molecule has 2 unspecified atom stereocenters. The summed E-state index contributed by atoms with van der Waals surface area (Å²) in [5, 5.41) is 6.37. The maximum Gasteiger partial charge on any atom is 0.221 e. The van der Waals surface area contributed by atoms with Gasteiger partial charge in [0, 0.05) is 18.7 Å². The fourth-order valence-corrected chi connectivity index (χ4v) is 2.18. The molecule has 106 valence electrons. The molecule has 1 aromatic rings. The first-order valence-electron chi connectivity index (χ1n) is 7.13. The van der Waals surface area contributed by atoms with E-state index in [4.69, 9.17) is 0 Å². The van der Waals surface area contributed by atoms with Crippen molar-refractivity contribution in [2.75, 3.05) is 11.9 Å². The summed E-state index contributed by atoms with van der Waals surface area (Å²) in [6.07, 6.45) is 2.49. The van der Waals surface area contributed by atoms with Crippen LogP contribution in [0.3, 0.4) is 0 Å². The van der Waals surface area contributed by atoms with Gasteiger partial charge in [0.15, 0.2) is 0 Å². The van der Waals surface area contributed by atoms with Crippen molar-refractivity contribution in [1.29, 1.82) is 0 Å². The first-order chi connectivity index (χ1) is 9.02. The van der Waals surface area contributed by atoms with Crippen LogP contribution in [0.5, 0.6) is 0 Å². The minimum Gasteiger partial charge on any atom is -0.326 e. The van der Waals surface area contributed by atoms with Gasteiger partial charge in [-0.1, -0.05) is 32.4 Å². The van der Waals surface area contributed by atoms with Crippen LogP contribution in [0.1, 0.15) is 52.1 Å². The van der Waals surface area contributed by atoms with Gasteiger partial charge in [-0.25, -0.2) is 0 Å². The third kappa shape index (κ3) is 5.88. The number of nitrogens with one attached hydrogen (secondary N) is 2. The van der Waals surface area contributed by atoms with E-state index in [-0.39, 0.29) is 5.91 Å². The molecule has 2 atom stereocenters. The van der Waals surface area contributed by atoms with Gasteiger partial charge in [0.05, 0.1) is 0 Å². The van der Waals surface area contributed by atoms with E-state index in [1.807, 2.05) is 18.2 Å². The van der Waals surface area contributed by atoms with Gasteiger partial charge in [-0.3, -0.25) is 4.79 Å². The molecule has 0 aliphatic carbocycles. The second-order valence-corrected chi connectivity index (χ2v) is 5.33. The normalized spacial score (nSPS) is 13.9. The van der Waals surface area contributed by atoms with Crippen LogP contribution in [0.4, 0.5) is 5.69 Å². The minimum atomic E-state index is -0.0330. The first kappa shape index (κ1) is 15.7. The summed E-state index contributed by atoms with van der Waals surface area (Å²) in [6, 6.07) is 8.32. The highest BCUT2D eigenvalue weighted by Gasteiger charge is 2.08. The molecule has 0 fully saturated rings. The molecule has 2 N–H and O–H groups in total. The molecule has 0 radical (unpaired) electrons. The molecular weight excluding hydrogens is 236 g/mol. The Morgan fingerprint density at radius 3 is 2.68 bits per heavy atom. The maximum absolute atomic E-state index is 11.1. The molecule has 0 bridgehead atoms. The Balaban J connectivity index is 2.56. The lowest BCUT2D eigenvalue weighted by Gasteiger charge is -2.18. The number of amides is 1. The molecule has 19 heavy (non-hydrogen) atoms. The number of benzene rings is 1. The maximum atomic E-state index is 11.1. The average Bonchev–Trinajstić information content (AvgIpc) is 2.36. The topological polar surface area (TPSA) is 41.1 Å². The molecule has 0 spiro atoms. The number of hydrogen-bond donors (Lipinski definition) is 2. The van der Waals surface area contributed by atoms with Crippen molar-refractivity contribution in [3.63, 3.8) is 0 Å². The van der Waals surface area contributed by atoms with Crippen molar-refractivity contribution < 1.29 is 4.79 Å². The van der Waals surface area contributed by atoms with E-state index in [0.717, 1.165) is 12.2 Å². The largest absolute Gasteiger partial charge is 0.326 e. The van der Waals surface area contributed by atoms with Crippen molar-refractivity contribution >= 4 is 11.6 Å². The summed E-state index contributed by atoms with van der Waals surface area (Å²) in [5.41, 5.74) is 2.07. The average molecular weight is 262 g/mol. The van der Waals surface area contributed by atoms with E-state index in [0.29, 0.717) is 12.0 Å². The van der Waals surface area contributed by atoms with Crippen LogP contribution in [-0.4, -0.2) is 12.5 Å². The van der Waals surface area contributed by atoms with Crippen molar-refractivity contribution in [1.82, 2.24) is 5.32 Å². The summed E-state index contributed by atoms with van der Waals surface area (Å²) >= 11 is 0. The molecule has 0 saturated heterocycles. The lowest BCUT2D eigenvalue weighted by Crippen LogP contribution is -2.24. The van der Waals surface area contributed by atoms with Crippen LogP contribution in [0.15, 0.2) is 24.3 Å². The van der Waals surface area contributed by atoms with E-state index >= 15 is 0 Å². The molecule has 1 rings (SSSR count). The third-order valence-corrected chi connectivity index (χ3v) is 3.26.